The fourth-order valence-electron chi connectivity index (χ4n) is 3.32. The van der Waals surface area contributed by atoms with Crippen LogP contribution >= 0.6 is 0 Å². The zero-order valence-corrected chi connectivity index (χ0v) is 15.7. The third-order valence-corrected chi connectivity index (χ3v) is 4.98. The molecule has 7 nitrogen and oxygen atoms in total. The Bertz CT molecular complexity index is 890. The quantitative estimate of drug-likeness (QED) is 0.810. The van der Waals surface area contributed by atoms with Gasteiger partial charge in [-0.05, 0) is 36.8 Å². The van der Waals surface area contributed by atoms with Gasteiger partial charge in [-0.1, -0.05) is 18.2 Å². The molecule has 146 valence electrons. The van der Waals surface area contributed by atoms with Crippen molar-refractivity contribution in [3.63, 3.8) is 0 Å². The van der Waals surface area contributed by atoms with Crippen molar-refractivity contribution in [1.29, 1.82) is 0 Å². The molecule has 2 heterocycles. The minimum atomic E-state index is -0.0709. The van der Waals surface area contributed by atoms with Gasteiger partial charge in [0.2, 0.25) is 6.79 Å². The van der Waals surface area contributed by atoms with Crippen LogP contribution in [-0.4, -0.2) is 61.2 Å². The van der Waals surface area contributed by atoms with Gasteiger partial charge >= 0.3 is 0 Å². The number of hydrogen-bond donors (Lipinski definition) is 0. The Kier molecular flexibility index (Phi) is 5.06. The highest BCUT2D eigenvalue weighted by atomic mass is 16.7. The van der Waals surface area contributed by atoms with Crippen molar-refractivity contribution in [2.75, 3.05) is 39.6 Å². The number of rotatable bonds is 4. The van der Waals surface area contributed by atoms with Gasteiger partial charge in [-0.15, -0.1) is 0 Å². The number of amides is 2. The van der Waals surface area contributed by atoms with Crippen molar-refractivity contribution in [3.05, 3.63) is 53.6 Å². The Morgan fingerprint density at radius 3 is 2.46 bits per heavy atom. The number of para-hydroxylation sites is 1. The molecule has 0 unspecified atom stereocenters. The highest BCUT2D eigenvalue weighted by molar-refractivity contribution is 5.95. The number of aryl methyl sites for hydroxylation is 1. The molecule has 2 aliphatic heterocycles. The first kappa shape index (κ1) is 18.2. The molecule has 2 aliphatic rings. The summed E-state index contributed by atoms with van der Waals surface area (Å²) in [6.45, 7) is 4.09. The number of carbonyl (C=O) groups is 2. The van der Waals surface area contributed by atoms with Crippen molar-refractivity contribution in [1.82, 2.24) is 9.80 Å². The van der Waals surface area contributed by atoms with Gasteiger partial charge in [-0.25, -0.2) is 0 Å². The second-order valence-electron chi connectivity index (χ2n) is 6.80. The van der Waals surface area contributed by atoms with Crippen molar-refractivity contribution in [3.8, 4) is 17.2 Å². The van der Waals surface area contributed by atoms with Crippen molar-refractivity contribution >= 4 is 11.8 Å². The smallest absolute Gasteiger partial charge is 0.260 e. The maximum Gasteiger partial charge on any atom is 0.260 e. The minimum Gasteiger partial charge on any atom is -0.484 e. The van der Waals surface area contributed by atoms with Gasteiger partial charge in [-0.2, -0.15) is 0 Å². The van der Waals surface area contributed by atoms with E-state index < -0.39 is 0 Å². The lowest BCUT2D eigenvalue weighted by Crippen LogP contribution is -2.51. The van der Waals surface area contributed by atoms with E-state index in [-0.39, 0.29) is 25.2 Å². The summed E-state index contributed by atoms with van der Waals surface area (Å²) in [6.07, 6.45) is 0. The van der Waals surface area contributed by atoms with Crippen molar-refractivity contribution in [2.45, 2.75) is 6.92 Å². The van der Waals surface area contributed by atoms with E-state index in [1.165, 1.54) is 0 Å². The predicted molar refractivity (Wildman–Crippen MR) is 102 cm³/mol. The lowest BCUT2D eigenvalue weighted by molar-refractivity contribution is -0.134. The van der Waals surface area contributed by atoms with Crippen LogP contribution in [0.25, 0.3) is 0 Å². The van der Waals surface area contributed by atoms with Crippen LogP contribution in [0.1, 0.15) is 15.9 Å². The first-order valence-electron chi connectivity index (χ1n) is 9.27. The van der Waals surface area contributed by atoms with E-state index in [4.69, 9.17) is 14.2 Å². The molecular formula is C21H22N2O5. The Hall–Kier alpha value is -3.22. The number of nitrogens with zero attached hydrogens (tertiary/aromatic N) is 2. The van der Waals surface area contributed by atoms with Crippen LogP contribution in [-0.2, 0) is 4.79 Å². The molecule has 0 radical (unpaired) electrons. The molecule has 1 fully saturated rings. The Balaban J connectivity index is 1.30. The molecule has 28 heavy (non-hydrogen) atoms. The molecule has 0 saturated carbocycles. The second kappa shape index (κ2) is 7.80. The molecule has 1 saturated heterocycles. The summed E-state index contributed by atoms with van der Waals surface area (Å²) in [5, 5.41) is 0. The summed E-state index contributed by atoms with van der Waals surface area (Å²) >= 11 is 0. The molecule has 0 N–H and O–H groups in total. The highest BCUT2D eigenvalue weighted by Crippen LogP contribution is 2.32. The average Bonchev–Trinajstić information content (AvgIpc) is 3.20. The van der Waals surface area contributed by atoms with Crippen molar-refractivity contribution in [2.24, 2.45) is 0 Å². The second-order valence-corrected chi connectivity index (χ2v) is 6.80. The summed E-state index contributed by atoms with van der Waals surface area (Å²) < 4.78 is 16.3. The lowest BCUT2D eigenvalue weighted by atomic mass is 10.1. The molecule has 7 heteroatoms. The molecule has 2 aromatic rings. The maximum atomic E-state index is 12.7. The number of fused-ring (bicyclic) bond motifs is 1. The minimum absolute atomic E-state index is 0.000953. The fourth-order valence-corrected chi connectivity index (χ4v) is 3.32. The monoisotopic (exact) mass is 382 g/mol. The lowest BCUT2D eigenvalue weighted by Gasteiger charge is -2.34. The molecule has 2 aromatic carbocycles. The van der Waals surface area contributed by atoms with Gasteiger partial charge < -0.3 is 24.0 Å². The predicted octanol–water partition coefficient (Wildman–Crippen LogP) is 2.09. The van der Waals surface area contributed by atoms with Crippen LogP contribution in [0.3, 0.4) is 0 Å². The number of benzene rings is 2. The van der Waals surface area contributed by atoms with E-state index in [9.17, 15) is 9.59 Å². The molecular weight excluding hydrogens is 360 g/mol. The normalized spacial score (nSPS) is 15.5. The first-order chi connectivity index (χ1) is 13.6. The number of piperazine rings is 1. The van der Waals surface area contributed by atoms with E-state index in [1.807, 2.05) is 31.2 Å². The summed E-state index contributed by atoms with van der Waals surface area (Å²) in [6, 6.07) is 12.8. The van der Waals surface area contributed by atoms with Gasteiger partial charge in [0.05, 0.1) is 0 Å². The molecule has 2 amide bonds. The zero-order valence-electron chi connectivity index (χ0n) is 15.7. The van der Waals surface area contributed by atoms with Crippen LogP contribution in [0.15, 0.2) is 42.5 Å². The first-order valence-corrected chi connectivity index (χ1v) is 9.27. The highest BCUT2D eigenvalue weighted by Gasteiger charge is 2.26. The molecule has 0 aromatic heterocycles. The third kappa shape index (κ3) is 3.74. The average molecular weight is 382 g/mol. The van der Waals surface area contributed by atoms with Crippen LogP contribution in [0.4, 0.5) is 0 Å². The van der Waals surface area contributed by atoms with Gasteiger partial charge in [0.1, 0.15) is 5.75 Å². The van der Waals surface area contributed by atoms with Crippen LogP contribution < -0.4 is 14.2 Å². The SMILES string of the molecule is Cc1ccccc1OCC(=O)N1CCN(C(=O)c2ccc3c(c2)OCO3)CC1. The largest absolute Gasteiger partial charge is 0.484 e. The van der Waals surface area contributed by atoms with Crippen LogP contribution in [0.2, 0.25) is 0 Å². The molecule has 0 aliphatic carbocycles. The van der Waals surface area contributed by atoms with Gasteiger partial charge in [0, 0.05) is 31.7 Å². The van der Waals surface area contributed by atoms with Crippen LogP contribution in [0, 0.1) is 6.92 Å². The van der Waals surface area contributed by atoms with Gasteiger partial charge in [0.25, 0.3) is 11.8 Å². The van der Waals surface area contributed by atoms with E-state index in [1.54, 1.807) is 28.0 Å². The van der Waals surface area contributed by atoms with E-state index in [2.05, 4.69) is 0 Å². The Morgan fingerprint density at radius 1 is 0.964 bits per heavy atom. The van der Waals surface area contributed by atoms with E-state index in [0.29, 0.717) is 49.0 Å². The fraction of sp³-hybridized carbons (Fsp3) is 0.333. The number of ether oxygens (including phenoxy) is 3. The standard InChI is InChI=1S/C21H22N2O5/c1-15-4-2-3-5-17(15)26-13-20(24)22-8-10-23(11-9-22)21(25)16-6-7-18-19(12-16)28-14-27-18/h2-7,12H,8-11,13-14H2,1H3. The van der Waals surface area contributed by atoms with Gasteiger partial charge in [-0.3, -0.25) is 9.59 Å². The molecule has 4 rings (SSSR count). The van der Waals surface area contributed by atoms with Crippen LogP contribution in [0.5, 0.6) is 17.2 Å². The summed E-state index contributed by atoms with van der Waals surface area (Å²) in [4.78, 5) is 28.6. The van der Waals surface area contributed by atoms with Crippen molar-refractivity contribution < 1.29 is 23.8 Å². The van der Waals surface area contributed by atoms with Gasteiger partial charge in [0.15, 0.2) is 18.1 Å². The topological polar surface area (TPSA) is 68.3 Å². The molecule has 0 atom stereocenters. The van der Waals surface area contributed by atoms with E-state index in [0.717, 1.165) is 5.56 Å². The summed E-state index contributed by atoms with van der Waals surface area (Å²) in [5.41, 5.74) is 1.56. The zero-order chi connectivity index (χ0) is 19.5. The number of hydrogen-bond acceptors (Lipinski definition) is 5. The molecule has 0 bridgehead atoms. The molecule has 0 spiro atoms. The van der Waals surface area contributed by atoms with E-state index >= 15 is 0 Å². The Labute approximate surface area is 163 Å². The Morgan fingerprint density at radius 2 is 1.68 bits per heavy atom. The summed E-state index contributed by atoms with van der Waals surface area (Å²) in [5.74, 6) is 1.82. The summed E-state index contributed by atoms with van der Waals surface area (Å²) in [7, 11) is 0. The maximum absolute atomic E-state index is 12.7. The third-order valence-electron chi connectivity index (χ3n) is 4.98. The number of carbonyl (C=O) groups excluding carboxylic acids is 2.